The summed E-state index contributed by atoms with van der Waals surface area (Å²) in [4.78, 5) is 29.0. The highest BCUT2D eigenvalue weighted by Gasteiger charge is 2.09. The monoisotopic (exact) mass is 256 g/mol. The van der Waals surface area contributed by atoms with E-state index in [0.717, 1.165) is 4.88 Å². The average molecular weight is 257 g/mol. The van der Waals surface area contributed by atoms with Gasteiger partial charge in [0, 0.05) is 4.88 Å². The van der Waals surface area contributed by atoms with E-state index in [0.29, 0.717) is 10.2 Å². The van der Waals surface area contributed by atoms with Crippen LogP contribution in [0.15, 0.2) is 17.2 Å². The fraction of sp³-hybridized carbons (Fsp3) is 0.300. The van der Waals surface area contributed by atoms with Gasteiger partial charge in [-0.2, -0.15) is 0 Å². The Labute approximate surface area is 100 Å². The fourth-order valence-electron chi connectivity index (χ4n) is 1.43. The molecule has 0 aliphatic rings. The van der Waals surface area contributed by atoms with Gasteiger partial charge in [0.05, 0.1) is 24.1 Å². The molecule has 0 fully saturated rings. The summed E-state index contributed by atoms with van der Waals surface area (Å²) < 4.78 is 1.29. The van der Waals surface area contributed by atoms with Crippen molar-refractivity contribution in [3.8, 4) is 0 Å². The van der Waals surface area contributed by atoms with Crippen molar-refractivity contribution >= 4 is 38.9 Å². The topological polar surface area (TPSA) is 52.0 Å². The predicted molar refractivity (Wildman–Crippen MR) is 64.3 cm³/mol. The Morgan fingerprint density at radius 2 is 2.38 bits per heavy atom. The molecule has 84 valence electrons. The number of ketones is 1. The van der Waals surface area contributed by atoms with Gasteiger partial charge < -0.3 is 0 Å². The van der Waals surface area contributed by atoms with Gasteiger partial charge in [-0.3, -0.25) is 14.2 Å². The number of hydrogen-bond acceptors (Lipinski definition) is 4. The van der Waals surface area contributed by atoms with E-state index in [-0.39, 0.29) is 23.8 Å². The first-order valence-electron chi connectivity index (χ1n) is 4.65. The number of rotatable bonds is 3. The molecule has 0 saturated heterocycles. The lowest BCUT2D eigenvalue weighted by Crippen LogP contribution is -2.24. The first kappa shape index (κ1) is 11.3. The maximum absolute atomic E-state index is 11.9. The van der Waals surface area contributed by atoms with E-state index >= 15 is 0 Å². The van der Waals surface area contributed by atoms with Gasteiger partial charge in [-0.05, 0) is 13.0 Å². The van der Waals surface area contributed by atoms with E-state index in [1.807, 2.05) is 6.92 Å². The van der Waals surface area contributed by atoms with Gasteiger partial charge in [-0.25, -0.2) is 4.98 Å². The number of hydrogen-bond donors (Lipinski definition) is 0. The number of nitrogens with zero attached hydrogens (tertiary/aromatic N) is 2. The zero-order valence-corrected chi connectivity index (χ0v) is 10.1. The molecule has 0 unspecified atom stereocenters. The summed E-state index contributed by atoms with van der Waals surface area (Å²) in [5.74, 6) is -0.287. The number of aromatic nitrogens is 2. The number of alkyl halides is 1. The predicted octanol–water partition coefficient (Wildman–Crippen LogP) is 1.57. The van der Waals surface area contributed by atoms with Gasteiger partial charge in [0.25, 0.3) is 5.56 Å². The van der Waals surface area contributed by atoms with Crippen LogP contribution in [-0.4, -0.2) is 21.2 Å². The molecule has 0 aliphatic heterocycles. The maximum atomic E-state index is 11.9. The van der Waals surface area contributed by atoms with Crippen LogP contribution in [0.25, 0.3) is 10.2 Å². The first-order valence-corrected chi connectivity index (χ1v) is 6.00. The molecule has 0 N–H and O–H groups in total. The highest BCUT2D eigenvalue weighted by atomic mass is 35.5. The third-order valence-electron chi connectivity index (χ3n) is 2.14. The van der Waals surface area contributed by atoms with Crippen molar-refractivity contribution < 1.29 is 4.79 Å². The highest BCUT2D eigenvalue weighted by molar-refractivity contribution is 7.18. The summed E-state index contributed by atoms with van der Waals surface area (Å²) in [6.45, 7) is 1.90. The summed E-state index contributed by atoms with van der Waals surface area (Å²) in [5.41, 5.74) is -0.187. The third-order valence-corrected chi connectivity index (χ3v) is 3.39. The molecule has 0 spiro atoms. The number of Topliss-reactive ketones (excluding diaryl/α,β-unsaturated/α-hetero) is 1. The SMILES string of the molecule is Cc1cc2c(=O)n(CC(=O)CCl)cnc2s1. The lowest BCUT2D eigenvalue weighted by Gasteiger charge is -2.01. The molecule has 0 amide bonds. The minimum atomic E-state index is -0.197. The largest absolute Gasteiger partial charge is 0.296 e. The summed E-state index contributed by atoms with van der Waals surface area (Å²) in [6, 6.07) is 1.79. The normalized spacial score (nSPS) is 10.9. The van der Waals surface area contributed by atoms with Crippen LogP contribution in [0.3, 0.4) is 0 Å². The smallest absolute Gasteiger partial charge is 0.262 e. The quantitative estimate of drug-likeness (QED) is 0.784. The zero-order chi connectivity index (χ0) is 11.7. The zero-order valence-electron chi connectivity index (χ0n) is 8.57. The van der Waals surface area contributed by atoms with Crippen molar-refractivity contribution in [3.63, 3.8) is 0 Å². The van der Waals surface area contributed by atoms with Crippen molar-refractivity contribution in [2.45, 2.75) is 13.5 Å². The van der Waals surface area contributed by atoms with Crippen LogP contribution in [-0.2, 0) is 11.3 Å². The van der Waals surface area contributed by atoms with E-state index in [1.54, 1.807) is 6.07 Å². The fourth-order valence-corrected chi connectivity index (χ4v) is 2.35. The molecule has 2 rings (SSSR count). The number of thiophene rings is 1. The Balaban J connectivity index is 2.52. The Bertz CT molecular complexity index is 602. The van der Waals surface area contributed by atoms with Crippen LogP contribution in [0.5, 0.6) is 0 Å². The van der Waals surface area contributed by atoms with Gasteiger partial charge in [0.15, 0.2) is 5.78 Å². The standard InChI is InChI=1S/C10H9ClN2O2S/c1-6-2-8-9(16-6)12-5-13(10(8)15)4-7(14)3-11/h2,5H,3-4H2,1H3. The molecule has 0 bridgehead atoms. The molecule has 0 aromatic carbocycles. The van der Waals surface area contributed by atoms with Crippen LogP contribution in [0.2, 0.25) is 0 Å². The molecule has 0 radical (unpaired) electrons. The number of aryl methyl sites for hydroxylation is 1. The second-order valence-corrected chi connectivity index (χ2v) is 4.93. The second kappa shape index (κ2) is 4.35. The maximum Gasteiger partial charge on any atom is 0.262 e. The van der Waals surface area contributed by atoms with E-state index < -0.39 is 0 Å². The van der Waals surface area contributed by atoms with Crippen LogP contribution in [0.4, 0.5) is 0 Å². The third kappa shape index (κ3) is 2.01. The van der Waals surface area contributed by atoms with Crippen molar-refractivity contribution in [1.29, 1.82) is 0 Å². The molecular weight excluding hydrogens is 248 g/mol. The van der Waals surface area contributed by atoms with Gasteiger partial charge >= 0.3 is 0 Å². The van der Waals surface area contributed by atoms with E-state index in [2.05, 4.69) is 4.98 Å². The molecular formula is C10H9ClN2O2S. The molecule has 2 aromatic heterocycles. The first-order chi connectivity index (χ1) is 7.61. The lowest BCUT2D eigenvalue weighted by atomic mass is 10.3. The Morgan fingerprint density at radius 1 is 1.62 bits per heavy atom. The molecule has 2 aromatic rings. The van der Waals surface area contributed by atoms with E-state index in [4.69, 9.17) is 11.6 Å². The molecule has 4 nitrogen and oxygen atoms in total. The summed E-state index contributed by atoms with van der Waals surface area (Å²) in [6.07, 6.45) is 1.39. The Morgan fingerprint density at radius 3 is 3.06 bits per heavy atom. The average Bonchev–Trinajstić information content (AvgIpc) is 2.64. The highest BCUT2D eigenvalue weighted by Crippen LogP contribution is 2.19. The molecule has 0 atom stereocenters. The minimum absolute atomic E-state index is 0.0137. The Hall–Kier alpha value is -1.20. The second-order valence-electron chi connectivity index (χ2n) is 3.43. The van der Waals surface area contributed by atoms with Gasteiger partial charge in [-0.15, -0.1) is 22.9 Å². The summed E-state index contributed by atoms with van der Waals surface area (Å²) in [5, 5.41) is 0.562. The Kier molecular flexibility index (Phi) is 3.07. The van der Waals surface area contributed by atoms with Gasteiger partial charge in [0.2, 0.25) is 0 Å². The summed E-state index contributed by atoms with van der Waals surface area (Å²) >= 11 is 6.86. The number of halogens is 1. The van der Waals surface area contributed by atoms with Crippen LogP contribution in [0.1, 0.15) is 4.88 Å². The minimum Gasteiger partial charge on any atom is -0.296 e. The van der Waals surface area contributed by atoms with Crippen molar-refractivity contribution in [1.82, 2.24) is 9.55 Å². The van der Waals surface area contributed by atoms with Crippen molar-refractivity contribution in [3.05, 3.63) is 27.6 Å². The van der Waals surface area contributed by atoms with Crippen LogP contribution >= 0.6 is 22.9 Å². The number of fused-ring (bicyclic) bond motifs is 1. The van der Waals surface area contributed by atoms with Gasteiger partial charge in [0.1, 0.15) is 4.83 Å². The molecule has 16 heavy (non-hydrogen) atoms. The van der Waals surface area contributed by atoms with Gasteiger partial charge in [-0.1, -0.05) is 0 Å². The summed E-state index contributed by atoms with van der Waals surface area (Å²) in [7, 11) is 0. The van der Waals surface area contributed by atoms with Crippen molar-refractivity contribution in [2.75, 3.05) is 5.88 Å². The molecule has 2 heterocycles. The number of carbonyl (C=O) groups excluding carboxylic acids is 1. The van der Waals surface area contributed by atoms with Crippen LogP contribution in [0, 0.1) is 6.92 Å². The molecule has 6 heteroatoms. The lowest BCUT2D eigenvalue weighted by molar-refractivity contribution is -0.117. The molecule has 0 saturated carbocycles. The van der Waals surface area contributed by atoms with E-state index in [9.17, 15) is 9.59 Å². The van der Waals surface area contributed by atoms with E-state index in [1.165, 1.54) is 22.2 Å². The van der Waals surface area contributed by atoms with Crippen LogP contribution < -0.4 is 5.56 Å². The molecule has 0 aliphatic carbocycles. The van der Waals surface area contributed by atoms with Crippen molar-refractivity contribution in [2.24, 2.45) is 0 Å². The number of carbonyl (C=O) groups is 1.